The van der Waals surface area contributed by atoms with E-state index in [9.17, 15) is 0 Å². The molecule has 0 saturated carbocycles. The first kappa shape index (κ1) is 15.3. The third-order valence-electron chi connectivity index (χ3n) is 2.63. The molecule has 0 saturated heterocycles. The highest BCUT2D eigenvalue weighted by atomic mass is 35.5. The van der Waals surface area contributed by atoms with Crippen molar-refractivity contribution < 1.29 is 4.74 Å². The topological polar surface area (TPSA) is 9.23 Å². The molecule has 0 aliphatic rings. The van der Waals surface area contributed by atoms with Gasteiger partial charge in [0.05, 0.1) is 12.7 Å². The molecule has 0 radical (unpaired) electrons. The van der Waals surface area contributed by atoms with Gasteiger partial charge in [0.1, 0.15) is 4.49 Å². The van der Waals surface area contributed by atoms with Gasteiger partial charge in [-0.05, 0) is 25.8 Å². The summed E-state index contributed by atoms with van der Waals surface area (Å²) in [5.74, 6) is 0. The molecule has 1 rings (SSSR count). The van der Waals surface area contributed by atoms with Gasteiger partial charge in [-0.3, -0.25) is 0 Å². The summed E-state index contributed by atoms with van der Waals surface area (Å²) < 4.78 is 6.05. The van der Waals surface area contributed by atoms with Crippen molar-refractivity contribution in [3.05, 3.63) is 58.1 Å². The first-order valence-electron chi connectivity index (χ1n) is 5.93. The predicted molar refractivity (Wildman–Crippen MR) is 79.0 cm³/mol. The van der Waals surface area contributed by atoms with Crippen LogP contribution in [-0.2, 0) is 4.74 Å². The molecule has 1 unspecified atom stereocenters. The molecule has 0 N–H and O–H groups in total. The van der Waals surface area contributed by atoms with Crippen LogP contribution >= 0.6 is 23.2 Å². The van der Waals surface area contributed by atoms with Gasteiger partial charge >= 0.3 is 0 Å². The van der Waals surface area contributed by atoms with Crippen molar-refractivity contribution in [2.45, 2.75) is 26.4 Å². The van der Waals surface area contributed by atoms with Gasteiger partial charge in [-0.2, -0.15) is 0 Å². The third-order valence-corrected chi connectivity index (χ3v) is 2.93. The zero-order valence-corrected chi connectivity index (χ0v) is 12.2. The summed E-state index contributed by atoms with van der Waals surface area (Å²) in [6.45, 7) is 4.67. The number of rotatable bonds is 6. The molecule has 0 fully saturated rings. The minimum atomic E-state index is 0.0995. The van der Waals surface area contributed by atoms with Crippen LogP contribution in [0.4, 0.5) is 0 Å². The van der Waals surface area contributed by atoms with Crippen molar-refractivity contribution in [1.82, 2.24) is 0 Å². The molecular weight excluding hydrogens is 267 g/mol. The van der Waals surface area contributed by atoms with E-state index in [-0.39, 0.29) is 6.10 Å². The minimum Gasteiger partial charge on any atom is -0.370 e. The first-order valence-corrected chi connectivity index (χ1v) is 6.68. The SMILES string of the molecule is C/C(=C\COC(C)c1ccccc1)CC=C(Cl)Cl. The summed E-state index contributed by atoms with van der Waals surface area (Å²) in [4.78, 5) is 0. The average Bonchev–Trinajstić information content (AvgIpc) is 2.37. The molecule has 0 aliphatic carbocycles. The fourth-order valence-corrected chi connectivity index (χ4v) is 1.63. The van der Waals surface area contributed by atoms with Gasteiger partial charge in [-0.1, -0.05) is 71.3 Å². The molecular formula is C15H18Cl2O. The van der Waals surface area contributed by atoms with Crippen LogP contribution in [0.1, 0.15) is 31.9 Å². The van der Waals surface area contributed by atoms with E-state index in [4.69, 9.17) is 27.9 Å². The summed E-state index contributed by atoms with van der Waals surface area (Å²) in [6, 6.07) is 10.2. The number of ether oxygens (including phenoxy) is 1. The van der Waals surface area contributed by atoms with Crippen molar-refractivity contribution in [2.24, 2.45) is 0 Å². The van der Waals surface area contributed by atoms with E-state index in [2.05, 4.69) is 12.1 Å². The van der Waals surface area contributed by atoms with Crippen LogP contribution in [0.5, 0.6) is 0 Å². The van der Waals surface area contributed by atoms with Crippen molar-refractivity contribution >= 4 is 23.2 Å². The van der Waals surface area contributed by atoms with Crippen LogP contribution < -0.4 is 0 Å². The molecule has 0 aliphatic heterocycles. The van der Waals surface area contributed by atoms with Crippen LogP contribution in [0, 0.1) is 0 Å². The molecule has 0 aromatic heterocycles. The summed E-state index contributed by atoms with van der Waals surface area (Å²) >= 11 is 11.1. The maximum atomic E-state index is 5.74. The fraction of sp³-hybridized carbons (Fsp3) is 0.333. The Morgan fingerprint density at radius 3 is 2.50 bits per heavy atom. The van der Waals surface area contributed by atoms with Crippen LogP contribution in [0.15, 0.2) is 52.5 Å². The second-order valence-corrected chi connectivity index (χ2v) is 5.14. The van der Waals surface area contributed by atoms with E-state index < -0.39 is 0 Å². The second-order valence-electron chi connectivity index (χ2n) is 4.13. The van der Waals surface area contributed by atoms with E-state index in [1.165, 1.54) is 11.1 Å². The lowest BCUT2D eigenvalue weighted by Crippen LogP contribution is -2.00. The van der Waals surface area contributed by atoms with E-state index in [0.29, 0.717) is 11.1 Å². The van der Waals surface area contributed by atoms with E-state index >= 15 is 0 Å². The Hall–Kier alpha value is -0.760. The second kappa shape index (κ2) is 8.36. The number of halogens is 2. The molecule has 0 spiro atoms. The molecule has 18 heavy (non-hydrogen) atoms. The Labute approximate surface area is 119 Å². The van der Waals surface area contributed by atoms with E-state index in [1.807, 2.05) is 38.1 Å². The molecule has 1 aromatic carbocycles. The molecule has 0 bridgehead atoms. The monoisotopic (exact) mass is 284 g/mol. The highest BCUT2D eigenvalue weighted by molar-refractivity contribution is 6.55. The molecule has 3 heteroatoms. The van der Waals surface area contributed by atoms with Gasteiger partial charge in [0.2, 0.25) is 0 Å². The summed E-state index contributed by atoms with van der Waals surface area (Å²) in [5.41, 5.74) is 2.38. The molecule has 1 nitrogen and oxygen atoms in total. The maximum absolute atomic E-state index is 5.74. The molecule has 1 atom stereocenters. The number of benzene rings is 1. The molecule has 0 amide bonds. The van der Waals surface area contributed by atoms with Crippen molar-refractivity contribution in [2.75, 3.05) is 6.61 Å². The van der Waals surface area contributed by atoms with Crippen LogP contribution in [0.3, 0.4) is 0 Å². The maximum Gasteiger partial charge on any atom is 0.103 e. The largest absolute Gasteiger partial charge is 0.370 e. The van der Waals surface area contributed by atoms with Crippen LogP contribution in [-0.4, -0.2) is 6.61 Å². The Morgan fingerprint density at radius 2 is 1.89 bits per heavy atom. The van der Waals surface area contributed by atoms with Crippen molar-refractivity contribution in [1.29, 1.82) is 0 Å². The lowest BCUT2D eigenvalue weighted by Gasteiger charge is -2.12. The van der Waals surface area contributed by atoms with Gasteiger partial charge < -0.3 is 4.74 Å². The Kier molecular flexibility index (Phi) is 7.11. The standard InChI is InChI=1S/C15H18Cl2O/c1-12(8-9-15(16)17)10-11-18-13(2)14-6-4-3-5-7-14/h3-7,9-10,13H,8,11H2,1-2H3/b12-10+. The lowest BCUT2D eigenvalue weighted by atomic mass is 10.1. The van der Waals surface area contributed by atoms with Gasteiger partial charge in [-0.15, -0.1) is 0 Å². The average molecular weight is 285 g/mol. The van der Waals surface area contributed by atoms with E-state index in [0.717, 1.165) is 6.42 Å². The zero-order valence-electron chi connectivity index (χ0n) is 10.7. The Bertz CT molecular complexity index is 406. The molecule has 1 aromatic rings. The van der Waals surface area contributed by atoms with Gasteiger partial charge in [-0.25, -0.2) is 0 Å². The van der Waals surface area contributed by atoms with Crippen LogP contribution in [0.25, 0.3) is 0 Å². The summed E-state index contributed by atoms with van der Waals surface area (Å²) in [7, 11) is 0. The quantitative estimate of drug-likeness (QED) is 0.634. The molecule has 0 heterocycles. The Morgan fingerprint density at radius 1 is 1.22 bits per heavy atom. The predicted octanol–water partition coefficient (Wildman–Crippen LogP) is 5.42. The number of allylic oxidation sites excluding steroid dienone is 2. The van der Waals surface area contributed by atoms with Crippen molar-refractivity contribution in [3.63, 3.8) is 0 Å². The fourth-order valence-electron chi connectivity index (χ4n) is 1.48. The first-order chi connectivity index (χ1) is 8.59. The normalized spacial score (nSPS) is 13.2. The van der Waals surface area contributed by atoms with Crippen molar-refractivity contribution in [3.8, 4) is 0 Å². The number of hydrogen-bond acceptors (Lipinski definition) is 1. The van der Waals surface area contributed by atoms with Gasteiger partial charge in [0.15, 0.2) is 0 Å². The van der Waals surface area contributed by atoms with Gasteiger partial charge in [0, 0.05) is 0 Å². The Balaban J connectivity index is 2.37. The van der Waals surface area contributed by atoms with Crippen LogP contribution in [0.2, 0.25) is 0 Å². The van der Waals surface area contributed by atoms with Gasteiger partial charge in [0.25, 0.3) is 0 Å². The van der Waals surface area contributed by atoms with E-state index in [1.54, 1.807) is 6.08 Å². The minimum absolute atomic E-state index is 0.0995. The highest BCUT2D eigenvalue weighted by Gasteiger charge is 2.03. The zero-order chi connectivity index (χ0) is 13.4. The lowest BCUT2D eigenvalue weighted by molar-refractivity contribution is 0.0882. The highest BCUT2D eigenvalue weighted by Crippen LogP contribution is 2.16. The molecule has 98 valence electrons. The smallest absolute Gasteiger partial charge is 0.103 e. The number of hydrogen-bond donors (Lipinski definition) is 0. The summed E-state index contributed by atoms with van der Waals surface area (Å²) in [5, 5.41) is 0. The third kappa shape index (κ3) is 6.25. The summed E-state index contributed by atoms with van der Waals surface area (Å²) in [6.07, 6.45) is 4.68.